The van der Waals surface area contributed by atoms with Crippen molar-refractivity contribution in [1.29, 1.82) is 0 Å². The van der Waals surface area contributed by atoms with Crippen molar-refractivity contribution in [2.75, 3.05) is 14.2 Å². The molecule has 0 saturated carbocycles. The lowest BCUT2D eigenvalue weighted by atomic mass is 9.63. The molecule has 0 radical (unpaired) electrons. The first-order chi connectivity index (χ1) is 9.81. The minimum atomic E-state index is -1.17. The molecule has 0 spiro atoms. The van der Waals surface area contributed by atoms with E-state index in [1.807, 2.05) is 25.1 Å². The van der Waals surface area contributed by atoms with E-state index in [4.69, 9.17) is 9.47 Å². The van der Waals surface area contributed by atoms with Gasteiger partial charge in [-0.25, -0.2) is 0 Å². The van der Waals surface area contributed by atoms with E-state index in [1.165, 1.54) is 13.2 Å². The predicted molar refractivity (Wildman–Crippen MR) is 79.4 cm³/mol. The van der Waals surface area contributed by atoms with Gasteiger partial charge in [-0.2, -0.15) is 0 Å². The van der Waals surface area contributed by atoms with Crippen molar-refractivity contribution in [3.63, 3.8) is 0 Å². The highest BCUT2D eigenvalue weighted by atomic mass is 16.5. The van der Waals surface area contributed by atoms with E-state index >= 15 is 0 Å². The summed E-state index contributed by atoms with van der Waals surface area (Å²) in [6, 6.07) is 5.59. The van der Waals surface area contributed by atoms with Crippen molar-refractivity contribution in [1.82, 2.24) is 0 Å². The van der Waals surface area contributed by atoms with Crippen LogP contribution in [0, 0.1) is 12.3 Å². The average Bonchev–Trinajstić information content (AvgIpc) is 2.70. The van der Waals surface area contributed by atoms with E-state index in [1.54, 1.807) is 27.0 Å². The summed E-state index contributed by atoms with van der Waals surface area (Å²) in [5.74, 6) is 0.00776. The first-order valence-corrected chi connectivity index (χ1v) is 6.78. The number of methoxy groups -OCH3 is 2. The van der Waals surface area contributed by atoms with Crippen LogP contribution in [-0.2, 0) is 19.7 Å². The lowest BCUT2D eigenvalue weighted by Crippen LogP contribution is -2.48. The Labute approximate surface area is 124 Å². The number of carbonyl (C=O) groups is 2. The van der Waals surface area contributed by atoms with Crippen molar-refractivity contribution in [3.8, 4) is 5.75 Å². The van der Waals surface area contributed by atoms with Gasteiger partial charge in [-0.15, -0.1) is 0 Å². The van der Waals surface area contributed by atoms with Gasteiger partial charge in [-0.05, 0) is 19.1 Å². The molecule has 1 aromatic carbocycles. The molecule has 1 aromatic rings. The Morgan fingerprint density at radius 3 is 2.33 bits per heavy atom. The Morgan fingerprint density at radius 1 is 1.19 bits per heavy atom. The Balaban J connectivity index is 2.81. The number of carbonyl (C=O) groups excluding carboxylic acids is 2. The van der Waals surface area contributed by atoms with Gasteiger partial charge < -0.3 is 9.47 Å². The molecule has 0 bridgehead atoms. The van der Waals surface area contributed by atoms with Gasteiger partial charge in [0.15, 0.2) is 5.78 Å². The van der Waals surface area contributed by atoms with E-state index in [9.17, 15) is 9.59 Å². The number of ether oxygens (including phenoxy) is 2. The SMILES string of the molecule is COC(=O)[C@]1(c2cc(C)ccc2OC)C=CC(=O)C1(C)C. The second kappa shape index (κ2) is 5.02. The van der Waals surface area contributed by atoms with Crippen molar-refractivity contribution in [2.24, 2.45) is 5.41 Å². The van der Waals surface area contributed by atoms with Crippen LogP contribution in [0.3, 0.4) is 0 Å². The summed E-state index contributed by atoms with van der Waals surface area (Å²) in [5, 5.41) is 0. The zero-order valence-electron chi connectivity index (χ0n) is 13.0. The fourth-order valence-corrected chi connectivity index (χ4v) is 2.96. The third-order valence-electron chi connectivity index (χ3n) is 4.37. The minimum absolute atomic E-state index is 0.101. The highest BCUT2D eigenvalue weighted by molar-refractivity contribution is 6.07. The van der Waals surface area contributed by atoms with Gasteiger partial charge in [0, 0.05) is 5.56 Å². The van der Waals surface area contributed by atoms with Gasteiger partial charge in [0.2, 0.25) is 0 Å². The molecule has 4 heteroatoms. The number of benzene rings is 1. The van der Waals surface area contributed by atoms with Crippen molar-refractivity contribution in [3.05, 3.63) is 41.5 Å². The van der Waals surface area contributed by atoms with Gasteiger partial charge in [0.25, 0.3) is 0 Å². The second-order valence-corrected chi connectivity index (χ2v) is 5.83. The largest absolute Gasteiger partial charge is 0.496 e. The molecule has 0 heterocycles. The Kier molecular flexibility index (Phi) is 3.66. The molecule has 1 aliphatic rings. The van der Waals surface area contributed by atoms with Gasteiger partial charge in [0.05, 0.1) is 19.6 Å². The van der Waals surface area contributed by atoms with Gasteiger partial charge in [-0.1, -0.05) is 37.6 Å². The number of aryl methyl sites for hydroxylation is 1. The highest BCUT2D eigenvalue weighted by Gasteiger charge is 2.59. The Morgan fingerprint density at radius 2 is 1.86 bits per heavy atom. The fourth-order valence-electron chi connectivity index (χ4n) is 2.96. The number of rotatable bonds is 3. The summed E-state index contributed by atoms with van der Waals surface area (Å²) in [6.07, 6.45) is 3.09. The number of allylic oxidation sites excluding steroid dienone is 1. The van der Waals surface area contributed by atoms with Gasteiger partial charge >= 0.3 is 5.97 Å². The van der Waals surface area contributed by atoms with Crippen LogP contribution >= 0.6 is 0 Å². The lowest BCUT2D eigenvalue weighted by molar-refractivity contribution is -0.152. The molecule has 4 nitrogen and oxygen atoms in total. The maximum atomic E-state index is 12.6. The maximum Gasteiger partial charge on any atom is 0.321 e. The monoisotopic (exact) mass is 288 g/mol. The van der Waals surface area contributed by atoms with Crippen LogP contribution in [-0.4, -0.2) is 26.0 Å². The second-order valence-electron chi connectivity index (χ2n) is 5.83. The molecule has 1 aliphatic carbocycles. The molecular weight excluding hydrogens is 268 g/mol. The third kappa shape index (κ3) is 1.97. The minimum Gasteiger partial charge on any atom is -0.496 e. The molecule has 2 rings (SSSR count). The normalized spacial score (nSPS) is 23.2. The van der Waals surface area contributed by atoms with Crippen LogP contribution in [0.5, 0.6) is 5.75 Å². The number of hydrogen-bond donors (Lipinski definition) is 0. The summed E-state index contributed by atoms with van der Waals surface area (Å²) < 4.78 is 10.4. The predicted octanol–water partition coefficient (Wildman–Crippen LogP) is 2.58. The molecule has 0 aromatic heterocycles. The van der Waals surface area contributed by atoms with Crippen LogP contribution in [0.15, 0.2) is 30.4 Å². The average molecular weight is 288 g/mol. The van der Waals surface area contributed by atoms with Crippen molar-refractivity contribution >= 4 is 11.8 Å². The van der Waals surface area contributed by atoms with Crippen LogP contribution < -0.4 is 4.74 Å². The molecule has 1 atom stereocenters. The summed E-state index contributed by atoms with van der Waals surface area (Å²) >= 11 is 0. The zero-order valence-corrected chi connectivity index (χ0v) is 13.0. The summed E-state index contributed by atoms with van der Waals surface area (Å²) in [4.78, 5) is 24.9. The first kappa shape index (κ1) is 15.3. The number of hydrogen-bond acceptors (Lipinski definition) is 4. The summed E-state index contributed by atoms with van der Waals surface area (Å²) in [7, 11) is 2.88. The first-order valence-electron chi connectivity index (χ1n) is 6.78. The number of ketones is 1. The lowest BCUT2D eigenvalue weighted by Gasteiger charge is -2.38. The van der Waals surface area contributed by atoms with E-state index in [0.717, 1.165) is 5.56 Å². The fraction of sp³-hybridized carbons (Fsp3) is 0.412. The maximum absolute atomic E-state index is 12.6. The third-order valence-corrected chi connectivity index (χ3v) is 4.37. The van der Waals surface area contributed by atoms with Crippen LogP contribution in [0.2, 0.25) is 0 Å². The molecule has 0 unspecified atom stereocenters. The van der Waals surface area contributed by atoms with E-state index in [0.29, 0.717) is 11.3 Å². The summed E-state index contributed by atoms with van der Waals surface area (Å²) in [5.41, 5.74) is -0.459. The van der Waals surface area contributed by atoms with Crippen molar-refractivity contribution in [2.45, 2.75) is 26.2 Å². The molecular formula is C17H20O4. The van der Waals surface area contributed by atoms with Crippen LogP contribution in [0.4, 0.5) is 0 Å². The van der Waals surface area contributed by atoms with Crippen molar-refractivity contribution < 1.29 is 19.1 Å². The summed E-state index contributed by atoms with van der Waals surface area (Å²) in [6.45, 7) is 5.45. The standard InChI is InChI=1S/C17H20O4/c1-11-6-7-13(20-4)12(10-11)17(15(19)21-5)9-8-14(18)16(17,2)3/h6-10H,1-5H3/t17-/m1/s1. The molecule has 0 fully saturated rings. The van der Waals surface area contributed by atoms with E-state index in [-0.39, 0.29) is 5.78 Å². The topological polar surface area (TPSA) is 52.6 Å². The smallest absolute Gasteiger partial charge is 0.321 e. The quantitative estimate of drug-likeness (QED) is 0.802. The molecule has 0 N–H and O–H groups in total. The van der Waals surface area contributed by atoms with Crippen LogP contribution in [0.25, 0.3) is 0 Å². The molecule has 112 valence electrons. The highest BCUT2D eigenvalue weighted by Crippen LogP contribution is 2.51. The molecule has 0 saturated heterocycles. The Hall–Kier alpha value is -2.10. The molecule has 0 aliphatic heterocycles. The molecule has 21 heavy (non-hydrogen) atoms. The van der Waals surface area contributed by atoms with Gasteiger partial charge in [-0.3, -0.25) is 9.59 Å². The van der Waals surface area contributed by atoms with E-state index < -0.39 is 16.8 Å². The molecule has 0 amide bonds. The van der Waals surface area contributed by atoms with Crippen LogP contribution in [0.1, 0.15) is 25.0 Å². The number of esters is 1. The Bertz CT molecular complexity index is 628. The van der Waals surface area contributed by atoms with Gasteiger partial charge in [0.1, 0.15) is 11.2 Å². The van der Waals surface area contributed by atoms with E-state index in [2.05, 4.69) is 0 Å². The zero-order chi connectivity index (χ0) is 15.8.